The summed E-state index contributed by atoms with van der Waals surface area (Å²) in [7, 11) is 0. The SMILES string of the molecule is C=C1CCCC(C)(C)[C@@H]1CC[C@]1(C)CCC(=O)O1. The van der Waals surface area contributed by atoms with E-state index in [1.54, 1.807) is 0 Å². The Balaban J connectivity index is 1.96. The maximum absolute atomic E-state index is 11.3. The van der Waals surface area contributed by atoms with Gasteiger partial charge in [-0.2, -0.15) is 0 Å². The molecule has 1 aliphatic heterocycles. The van der Waals surface area contributed by atoms with Crippen LogP contribution in [0.5, 0.6) is 0 Å². The molecule has 0 radical (unpaired) electrons. The molecule has 1 heterocycles. The van der Waals surface area contributed by atoms with Crippen LogP contribution in [-0.2, 0) is 9.53 Å². The van der Waals surface area contributed by atoms with Gasteiger partial charge in [-0.3, -0.25) is 4.79 Å². The van der Waals surface area contributed by atoms with E-state index in [0.29, 0.717) is 17.8 Å². The zero-order chi connectivity index (χ0) is 13.4. The molecule has 0 aromatic carbocycles. The molecule has 2 atom stereocenters. The fourth-order valence-corrected chi connectivity index (χ4v) is 3.64. The Kier molecular flexibility index (Phi) is 3.57. The van der Waals surface area contributed by atoms with Crippen LogP contribution in [0.15, 0.2) is 12.2 Å². The molecule has 1 saturated heterocycles. The van der Waals surface area contributed by atoms with Gasteiger partial charge in [-0.1, -0.05) is 26.0 Å². The average molecular weight is 250 g/mol. The Morgan fingerprint density at radius 1 is 1.28 bits per heavy atom. The Morgan fingerprint density at radius 3 is 2.56 bits per heavy atom. The topological polar surface area (TPSA) is 26.3 Å². The van der Waals surface area contributed by atoms with E-state index in [9.17, 15) is 4.79 Å². The summed E-state index contributed by atoms with van der Waals surface area (Å²) in [5.41, 5.74) is 1.54. The first-order valence-electron chi connectivity index (χ1n) is 7.22. The lowest BCUT2D eigenvalue weighted by molar-refractivity contribution is -0.147. The van der Waals surface area contributed by atoms with Crippen molar-refractivity contribution in [3.8, 4) is 0 Å². The third kappa shape index (κ3) is 2.78. The van der Waals surface area contributed by atoms with Gasteiger partial charge in [0.1, 0.15) is 5.60 Å². The normalized spacial score (nSPS) is 35.6. The van der Waals surface area contributed by atoms with E-state index in [0.717, 1.165) is 19.3 Å². The molecule has 0 aromatic rings. The fraction of sp³-hybridized carbons (Fsp3) is 0.812. The monoisotopic (exact) mass is 250 g/mol. The third-order valence-electron chi connectivity index (χ3n) is 4.94. The van der Waals surface area contributed by atoms with Gasteiger partial charge in [-0.15, -0.1) is 0 Å². The second-order valence-corrected chi connectivity index (χ2v) is 7.02. The molecule has 2 heteroatoms. The van der Waals surface area contributed by atoms with Crippen molar-refractivity contribution in [3.63, 3.8) is 0 Å². The molecule has 0 bridgehead atoms. The number of cyclic esters (lactones) is 1. The molecule has 2 aliphatic rings. The van der Waals surface area contributed by atoms with Gasteiger partial charge in [0.05, 0.1) is 0 Å². The minimum Gasteiger partial charge on any atom is -0.459 e. The van der Waals surface area contributed by atoms with Gasteiger partial charge in [0, 0.05) is 6.42 Å². The fourth-order valence-electron chi connectivity index (χ4n) is 3.64. The molecule has 2 rings (SSSR count). The number of allylic oxidation sites excluding steroid dienone is 1. The minimum atomic E-state index is -0.217. The van der Waals surface area contributed by atoms with Crippen LogP contribution < -0.4 is 0 Å². The van der Waals surface area contributed by atoms with Crippen molar-refractivity contribution < 1.29 is 9.53 Å². The summed E-state index contributed by atoms with van der Waals surface area (Å²) in [4.78, 5) is 11.3. The highest BCUT2D eigenvalue weighted by Crippen LogP contribution is 2.46. The van der Waals surface area contributed by atoms with Crippen LogP contribution in [0.25, 0.3) is 0 Å². The summed E-state index contributed by atoms with van der Waals surface area (Å²) in [6.07, 6.45) is 7.28. The quantitative estimate of drug-likeness (QED) is 0.553. The van der Waals surface area contributed by atoms with Crippen LogP contribution in [0.2, 0.25) is 0 Å². The first kappa shape index (κ1) is 13.6. The van der Waals surface area contributed by atoms with E-state index >= 15 is 0 Å². The molecule has 1 saturated carbocycles. The van der Waals surface area contributed by atoms with Crippen molar-refractivity contribution >= 4 is 5.97 Å². The highest BCUT2D eigenvalue weighted by atomic mass is 16.6. The molecule has 0 unspecified atom stereocenters. The van der Waals surface area contributed by atoms with Crippen molar-refractivity contribution in [2.24, 2.45) is 11.3 Å². The molecule has 18 heavy (non-hydrogen) atoms. The van der Waals surface area contributed by atoms with Crippen LogP contribution in [0.4, 0.5) is 0 Å². The van der Waals surface area contributed by atoms with Crippen LogP contribution in [0, 0.1) is 11.3 Å². The first-order chi connectivity index (χ1) is 8.32. The summed E-state index contributed by atoms with van der Waals surface area (Å²) in [6.45, 7) is 11.1. The summed E-state index contributed by atoms with van der Waals surface area (Å²) < 4.78 is 5.47. The Labute approximate surface area is 111 Å². The van der Waals surface area contributed by atoms with Crippen molar-refractivity contribution in [2.75, 3.05) is 0 Å². The smallest absolute Gasteiger partial charge is 0.306 e. The summed E-state index contributed by atoms with van der Waals surface area (Å²) in [5.74, 6) is 0.557. The zero-order valence-electron chi connectivity index (χ0n) is 12.1. The summed E-state index contributed by atoms with van der Waals surface area (Å²) >= 11 is 0. The predicted molar refractivity (Wildman–Crippen MR) is 73.2 cm³/mol. The van der Waals surface area contributed by atoms with Gasteiger partial charge in [-0.05, 0) is 56.8 Å². The Hall–Kier alpha value is -0.790. The Bertz CT molecular complexity index is 356. The zero-order valence-corrected chi connectivity index (χ0v) is 12.1. The van der Waals surface area contributed by atoms with Crippen LogP contribution in [-0.4, -0.2) is 11.6 Å². The number of carbonyl (C=O) groups excluding carboxylic acids is 1. The van der Waals surface area contributed by atoms with Crippen molar-refractivity contribution in [2.45, 2.75) is 71.3 Å². The lowest BCUT2D eigenvalue weighted by Gasteiger charge is -2.41. The van der Waals surface area contributed by atoms with Crippen molar-refractivity contribution in [1.82, 2.24) is 0 Å². The molecule has 0 spiro atoms. The van der Waals surface area contributed by atoms with Gasteiger partial charge in [0.15, 0.2) is 0 Å². The average Bonchev–Trinajstić information content (AvgIpc) is 2.57. The highest BCUT2D eigenvalue weighted by molar-refractivity contribution is 5.72. The van der Waals surface area contributed by atoms with E-state index in [1.807, 2.05) is 0 Å². The van der Waals surface area contributed by atoms with Crippen LogP contribution >= 0.6 is 0 Å². The van der Waals surface area contributed by atoms with E-state index in [2.05, 4.69) is 27.4 Å². The molecule has 1 aliphatic carbocycles. The van der Waals surface area contributed by atoms with Crippen molar-refractivity contribution in [1.29, 1.82) is 0 Å². The highest BCUT2D eigenvalue weighted by Gasteiger charge is 2.39. The van der Waals surface area contributed by atoms with Crippen LogP contribution in [0.1, 0.15) is 65.7 Å². The molecule has 0 aromatic heterocycles. The number of esters is 1. The van der Waals surface area contributed by atoms with E-state index in [1.165, 1.54) is 24.8 Å². The molecule has 0 amide bonds. The lowest BCUT2D eigenvalue weighted by atomic mass is 9.64. The minimum absolute atomic E-state index is 0.0285. The maximum atomic E-state index is 11.3. The molecule has 2 fully saturated rings. The molecule has 102 valence electrons. The Morgan fingerprint density at radius 2 is 2.00 bits per heavy atom. The van der Waals surface area contributed by atoms with Gasteiger partial charge in [0.2, 0.25) is 0 Å². The van der Waals surface area contributed by atoms with E-state index in [4.69, 9.17) is 4.74 Å². The third-order valence-corrected chi connectivity index (χ3v) is 4.94. The molecular weight excluding hydrogens is 224 g/mol. The molecular formula is C16H26O2. The van der Waals surface area contributed by atoms with Crippen molar-refractivity contribution in [3.05, 3.63) is 12.2 Å². The second-order valence-electron chi connectivity index (χ2n) is 7.02. The largest absolute Gasteiger partial charge is 0.459 e. The molecule has 2 nitrogen and oxygen atoms in total. The number of carbonyl (C=O) groups is 1. The summed E-state index contributed by atoms with van der Waals surface area (Å²) in [6, 6.07) is 0. The number of rotatable bonds is 3. The van der Waals surface area contributed by atoms with E-state index in [-0.39, 0.29) is 11.6 Å². The number of ether oxygens (including phenoxy) is 1. The maximum Gasteiger partial charge on any atom is 0.306 e. The van der Waals surface area contributed by atoms with E-state index < -0.39 is 0 Å². The standard InChI is InChI=1S/C16H26O2/c1-12-6-5-9-15(2,3)13(12)7-10-16(4)11-8-14(17)18-16/h13H,1,5-11H2,2-4H3/t13-,16-/m1/s1. The van der Waals surface area contributed by atoms with Gasteiger partial charge < -0.3 is 4.74 Å². The second kappa shape index (κ2) is 4.71. The van der Waals surface area contributed by atoms with Gasteiger partial charge in [0.25, 0.3) is 0 Å². The van der Waals surface area contributed by atoms with Gasteiger partial charge >= 0.3 is 5.97 Å². The van der Waals surface area contributed by atoms with Gasteiger partial charge in [-0.25, -0.2) is 0 Å². The molecule has 0 N–H and O–H groups in total. The number of hydrogen-bond acceptors (Lipinski definition) is 2. The summed E-state index contributed by atoms with van der Waals surface area (Å²) in [5, 5.41) is 0. The predicted octanol–water partition coefficient (Wildman–Crippen LogP) is 4.24. The van der Waals surface area contributed by atoms with Crippen LogP contribution in [0.3, 0.4) is 0 Å². The number of hydrogen-bond donors (Lipinski definition) is 0. The lowest BCUT2D eigenvalue weighted by Crippen LogP contribution is -2.32. The first-order valence-corrected chi connectivity index (χ1v) is 7.22.